The SMILES string of the molecule is Cc1ccsc1C(=O)N1CCCN(C(=O)C2(c3ccccc3)CC2)CC1. The smallest absolute Gasteiger partial charge is 0.264 e. The first-order valence-electron chi connectivity index (χ1n) is 9.30. The summed E-state index contributed by atoms with van der Waals surface area (Å²) in [5.41, 5.74) is 1.86. The highest BCUT2D eigenvalue weighted by Gasteiger charge is 2.52. The topological polar surface area (TPSA) is 40.6 Å². The first-order chi connectivity index (χ1) is 12.6. The van der Waals surface area contributed by atoms with Crippen molar-refractivity contribution in [1.82, 2.24) is 9.80 Å². The first kappa shape index (κ1) is 17.3. The second kappa shape index (κ2) is 6.88. The van der Waals surface area contributed by atoms with Crippen LogP contribution in [0.2, 0.25) is 0 Å². The zero-order valence-corrected chi connectivity index (χ0v) is 15.9. The number of carbonyl (C=O) groups excluding carboxylic acids is 2. The minimum absolute atomic E-state index is 0.107. The number of hydrogen-bond acceptors (Lipinski definition) is 3. The van der Waals surface area contributed by atoms with Gasteiger partial charge in [-0.1, -0.05) is 30.3 Å². The monoisotopic (exact) mass is 368 g/mol. The Morgan fingerprint density at radius 3 is 2.31 bits per heavy atom. The van der Waals surface area contributed by atoms with Gasteiger partial charge in [0.1, 0.15) is 0 Å². The number of rotatable bonds is 3. The van der Waals surface area contributed by atoms with Crippen LogP contribution in [-0.4, -0.2) is 47.8 Å². The molecule has 4 rings (SSSR count). The quantitative estimate of drug-likeness (QED) is 0.832. The molecule has 5 heteroatoms. The molecule has 26 heavy (non-hydrogen) atoms. The van der Waals surface area contributed by atoms with E-state index in [1.807, 2.05) is 46.4 Å². The first-order valence-corrected chi connectivity index (χ1v) is 10.2. The fourth-order valence-corrected chi connectivity index (χ4v) is 4.76. The van der Waals surface area contributed by atoms with Gasteiger partial charge in [0.05, 0.1) is 10.3 Å². The van der Waals surface area contributed by atoms with E-state index in [2.05, 4.69) is 12.1 Å². The molecule has 2 fully saturated rings. The molecule has 2 heterocycles. The molecule has 1 aromatic heterocycles. The summed E-state index contributed by atoms with van der Waals surface area (Å²) >= 11 is 1.50. The van der Waals surface area contributed by atoms with Gasteiger partial charge in [-0.05, 0) is 48.8 Å². The zero-order valence-electron chi connectivity index (χ0n) is 15.1. The van der Waals surface area contributed by atoms with Crippen molar-refractivity contribution in [2.24, 2.45) is 0 Å². The maximum atomic E-state index is 13.2. The van der Waals surface area contributed by atoms with Crippen LogP contribution in [0.4, 0.5) is 0 Å². The van der Waals surface area contributed by atoms with Crippen LogP contribution >= 0.6 is 11.3 Å². The second-order valence-electron chi connectivity index (χ2n) is 7.32. The van der Waals surface area contributed by atoms with E-state index in [0.717, 1.165) is 48.4 Å². The molecule has 4 nitrogen and oxygen atoms in total. The summed E-state index contributed by atoms with van der Waals surface area (Å²) in [7, 11) is 0. The van der Waals surface area contributed by atoms with Crippen molar-refractivity contribution in [1.29, 1.82) is 0 Å². The number of amides is 2. The molecule has 1 aromatic carbocycles. The number of benzene rings is 1. The number of thiophene rings is 1. The van der Waals surface area contributed by atoms with E-state index in [1.54, 1.807) is 0 Å². The van der Waals surface area contributed by atoms with E-state index in [0.29, 0.717) is 13.1 Å². The van der Waals surface area contributed by atoms with Crippen LogP contribution in [0, 0.1) is 6.92 Å². The third-order valence-electron chi connectivity index (χ3n) is 5.61. The summed E-state index contributed by atoms with van der Waals surface area (Å²) in [6.07, 6.45) is 2.71. The second-order valence-corrected chi connectivity index (χ2v) is 8.23. The van der Waals surface area contributed by atoms with Crippen molar-refractivity contribution >= 4 is 23.2 Å². The number of aryl methyl sites for hydroxylation is 1. The summed E-state index contributed by atoms with van der Waals surface area (Å²) in [6, 6.07) is 12.1. The molecule has 0 unspecified atom stereocenters. The van der Waals surface area contributed by atoms with E-state index >= 15 is 0 Å². The molecule has 0 bridgehead atoms. The lowest BCUT2D eigenvalue weighted by atomic mass is 9.94. The van der Waals surface area contributed by atoms with Gasteiger partial charge in [-0.3, -0.25) is 9.59 Å². The number of hydrogen-bond donors (Lipinski definition) is 0. The minimum Gasteiger partial charge on any atom is -0.340 e. The molecule has 136 valence electrons. The summed E-state index contributed by atoms with van der Waals surface area (Å²) in [6.45, 7) is 4.68. The molecule has 0 spiro atoms. The Bertz CT molecular complexity index is 810. The highest BCUT2D eigenvalue weighted by atomic mass is 32.1. The van der Waals surface area contributed by atoms with Crippen molar-refractivity contribution in [2.45, 2.75) is 31.6 Å². The summed E-state index contributed by atoms with van der Waals surface area (Å²) in [4.78, 5) is 30.7. The fourth-order valence-electron chi connectivity index (χ4n) is 3.87. The summed E-state index contributed by atoms with van der Waals surface area (Å²) in [5, 5.41) is 1.97. The Labute approximate surface area is 158 Å². The highest BCUT2D eigenvalue weighted by molar-refractivity contribution is 7.12. The summed E-state index contributed by atoms with van der Waals surface area (Å²) in [5.74, 6) is 0.348. The molecule has 0 N–H and O–H groups in total. The highest BCUT2D eigenvalue weighted by Crippen LogP contribution is 2.49. The van der Waals surface area contributed by atoms with Gasteiger partial charge in [0.2, 0.25) is 5.91 Å². The molecule has 2 aromatic rings. The Kier molecular flexibility index (Phi) is 4.57. The van der Waals surface area contributed by atoms with Gasteiger partial charge in [-0.15, -0.1) is 11.3 Å². The lowest BCUT2D eigenvalue weighted by Gasteiger charge is -2.26. The van der Waals surface area contributed by atoms with E-state index in [9.17, 15) is 9.59 Å². The predicted octanol–water partition coefficient (Wildman–Crippen LogP) is 3.46. The Morgan fingerprint density at radius 1 is 0.962 bits per heavy atom. The van der Waals surface area contributed by atoms with Gasteiger partial charge >= 0.3 is 0 Å². The largest absolute Gasteiger partial charge is 0.340 e. The van der Waals surface area contributed by atoms with Gasteiger partial charge in [0, 0.05) is 26.2 Å². The van der Waals surface area contributed by atoms with Crippen LogP contribution in [-0.2, 0) is 10.2 Å². The lowest BCUT2D eigenvalue weighted by molar-refractivity contribution is -0.133. The van der Waals surface area contributed by atoms with Gasteiger partial charge in [-0.25, -0.2) is 0 Å². The van der Waals surface area contributed by atoms with Crippen molar-refractivity contribution < 1.29 is 9.59 Å². The third kappa shape index (κ3) is 3.05. The molecule has 1 saturated carbocycles. The van der Waals surface area contributed by atoms with Crippen LogP contribution in [0.1, 0.15) is 40.1 Å². The molecule has 1 aliphatic heterocycles. The Morgan fingerprint density at radius 2 is 1.65 bits per heavy atom. The standard InChI is InChI=1S/C21H24N2O2S/c1-16-8-15-26-18(16)19(24)22-11-5-12-23(14-13-22)20(25)21(9-10-21)17-6-3-2-4-7-17/h2-4,6-8,15H,5,9-14H2,1H3. The van der Waals surface area contributed by atoms with Gasteiger partial charge in [0.15, 0.2) is 0 Å². The van der Waals surface area contributed by atoms with Gasteiger partial charge in [0.25, 0.3) is 5.91 Å². The van der Waals surface area contributed by atoms with Crippen LogP contribution in [0.5, 0.6) is 0 Å². The van der Waals surface area contributed by atoms with Crippen molar-refractivity contribution in [3.8, 4) is 0 Å². The molecule has 1 saturated heterocycles. The van der Waals surface area contributed by atoms with Gasteiger partial charge in [-0.2, -0.15) is 0 Å². The number of carbonyl (C=O) groups is 2. The van der Waals surface area contributed by atoms with E-state index in [-0.39, 0.29) is 17.2 Å². The van der Waals surface area contributed by atoms with E-state index in [1.165, 1.54) is 11.3 Å². The van der Waals surface area contributed by atoms with E-state index < -0.39 is 0 Å². The lowest BCUT2D eigenvalue weighted by Crippen LogP contribution is -2.42. The number of nitrogens with zero attached hydrogens (tertiary/aromatic N) is 2. The van der Waals surface area contributed by atoms with Gasteiger partial charge < -0.3 is 9.80 Å². The molecule has 0 radical (unpaired) electrons. The average molecular weight is 369 g/mol. The Hall–Kier alpha value is -2.14. The maximum Gasteiger partial charge on any atom is 0.264 e. The fraction of sp³-hybridized carbons (Fsp3) is 0.429. The van der Waals surface area contributed by atoms with Crippen LogP contribution in [0.15, 0.2) is 41.8 Å². The van der Waals surface area contributed by atoms with Crippen LogP contribution < -0.4 is 0 Å². The van der Waals surface area contributed by atoms with E-state index in [4.69, 9.17) is 0 Å². The molecule has 2 amide bonds. The average Bonchev–Trinajstić information content (AvgIpc) is 3.42. The molecule has 1 aliphatic carbocycles. The van der Waals surface area contributed by atoms with Crippen molar-refractivity contribution in [2.75, 3.05) is 26.2 Å². The van der Waals surface area contributed by atoms with Crippen LogP contribution in [0.3, 0.4) is 0 Å². The third-order valence-corrected chi connectivity index (χ3v) is 6.62. The maximum absolute atomic E-state index is 13.2. The predicted molar refractivity (Wildman–Crippen MR) is 104 cm³/mol. The molecule has 2 aliphatic rings. The minimum atomic E-state index is -0.315. The zero-order chi connectivity index (χ0) is 18.1. The summed E-state index contributed by atoms with van der Waals surface area (Å²) < 4.78 is 0. The normalized spacial score (nSPS) is 19.1. The molecular formula is C21H24N2O2S. The van der Waals surface area contributed by atoms with Crippen molar-refractivity contribution in [3.05, 3.63) is 57.8 Å². The molecule has 0 atom stereocenters. The van der Waals surface area contributed by atoms with Crippen LogP contribution in [0.25, 0.3) is 0 Å². The molecular weight excluding hydrogens is 344 g/mol. The Balaban J connectivity index is 1.45. The van der Waals surface area contributed by atoms with Crippen molar-refractivity contribution in [3.63, 3.8) is 0 Å².